The highest BCUT2D eigenvalue weighted by molar-refractivity contribution is 6.32. The molecule has 0 saturated carbocycles. The van der Waals surface area contributed by atoms with Gasteiger partial charge in [0.05, 0.1) is 47.6 Å². The zero-order chi connectivity index (χ0) is 24.6. The van der Waals surface area contributed by atoms with Crippen molar-refractivity contribution < 1.29 is 9.13 Å². The molecule has 10 nitrogen and oxygen atoms in total. The van der Waals surface area contributed by atoms with Crippen LogP contribution in [0.3, 0.4) is 0 Å². The van der Waals surface area contributed by atoms with Gasteiger partial charge in [0, 0.05) is 49.9 Å². The van der Waals surface area contributed by atoms with Gasteiger partial charge in [-0.1, -0.05) is 11.6 Å². The molecule has 0 bridgehead atoms. The van der Waals surface area contributed by atoms with Crippen molar-refractivity contribution in [3.05, 3.63) is 59.4 Å². The number of anilines is 3. The summed E-state index contributed by atoms with van der Waals surface area (Å²) in [6.07, 6.45) is 4.75. The lowest BCUT2D eigenvalue weighted by atomic mass is 10.2. The number of fused-ring (bicyclic) bond motifs is 1. The van der Waals surface area contributed by atoms with Crippen LogP contribution in [0.1, 0.15) is 5.56 Å². The minimum Gasteiger partial charge on any atom is -0.378 e. The van der Waals surface area contributed by atoms with Gasteiger partial charge in [-0.2, -0.15) is 10.4 Å². The molecule has 0 amide bonds. The first-order valence-electron chi connectivity index (χ1n) is 11.5. The first-order valence-corrected chi connectivity index (χ1v) is 11.9. The fourth-order valence-corrected chi connectivity index (χ4v) is 4.76. The maximum atomic E-state index is 14.8. The van der Waals surface area contributed by atoms with E-state index in [0.29, 0.717) is 28.6 Å². The summed E-state index contributed by atoms with van der Waals surface area (Å²) in [5, 5.41) is 17.4. The molecule has 0 aliphatic carbocycles. The van der Waals surface area contributed by atoms with Crippen LogP contribution >= 0.6 is 11.6 Å². The quantitative estimate of drug-likeness (QED) is 0.437. The standard InChI is InChI=1S/C24H21ClFN9O/c25-18-5-15(9-27)6-19(26)24(18)35-20-7-21(28-10-16(20)11-31-35)32-22-8-23(30-14-29-22)34-3-1-33(2-4-34)17-12-36-13-17/h5-8,10-11,14,17H,1-4,12-13H2,(H,28,29,30,32). The maximum Gasteiger partial charge on any atom is 0.151 e. The van der Waals surface area contributed by atoms with Crippen molar-refractivity contribution in [2.45, 2.75) is 6.04 Å². The van der Waals surface area contributed by atoms with E-state index in [4.69, 9.17) is 21.6 Å². The minimum atomic E-state index is -0.638. The first kappa shape index (κ1) is 22.6. The number of rotatable bonds is 5. The van der Waals surface area contributed by atoms with Crippen LogP contribution in [0.2, 0.25) is 5.02 Å². The molecule has 0 unspecified atom stereocenters. The Hall–Kier alpha value is -3.85. The number of ether oxygens (including phenoxy) is 1. The number of nitrogens with one attached hydrogen (secondary N) is 1. The zero-order valence-electron chi connectivity index (χ0n) is 19.1. The molecule has 1 aromatic carbocycles. The van der Waals surface area contributed by atoms with Gasteiger partial charge in [-0.3, -0.25) is 4.90 Å². The van der Waals surface area contributed by atoms with Gasteiger partial charge >= 0.3 is 0 Å². The summed E-state index contributed by atoms with van der Waals surface area (Å²) in [5.41, 5.74) is 0.808. The van der Waals surface area contributed by atoms with Crippen LogP contribution in [-0.2, 0) is 4.74 Å². The molecular formula is C24H21ClFN9O. The molecule has 0 spiro atoms. The molecule has 6 rings (SSSR count). The van der Waals surface area contributed by atoms with Gasteiger partial charge in [0.25, 0.3) is 0 Å². The predicted molar refractivity (Wildman–Crippen MR) is 132 cm³/mol. The SMILES string of the molecule is N#Cc1cc(F)c(-n2ncc3cnc(Nc4cc(N5CCN(C6COC6)CC5)ncn4)cc32)c(Cl)c1. The number of hydrogen-bond donors (Lipinski definition) is 1. The van der Waals surface area contributed by atoms with E-state index >= 15 is 0 Å². The summed E-state index contributed by atoms with van der Waals surface area (Å²) in [7, 11) is 0. The Balaban J connectivity index is 1.23. The van der Waals surface area contributed by atoms with Gasteiger partial charge in [0.1, 0.15) is 29.5 Å². The lowest BCUT2D eigenvalue weighted by Gasteiger charge is -2.42. The third kappa shape index (κ3) is 4.19. The monoisotopic (exact) mass is 505 g/mol. The highest BCUT2D eigenvalue weighted by Gasteiger charge is 2.29. The second kappa shape index (κ2) is 9.31. The predicted octanol–water partition coefficient (Wildman–Crippen LogP) is 3.14. The Kier molecular flexibility index (Phi) is 5.85. The summed E-state index contributed by atoms with van der Waals surface area (Å²) >= 11 is 6.29. The Morgan fingerprint density at radius 2 is 1.83 bits per heavy atom. The van der Waals surface area contributed by atoms with Crippen molar-refractivity contribution in [1.82, 2.24) is 29.6 Å². The summed E-state index contributed by atoms with van der Waals surface area (Å²) < 4.78 is 21.5. The lowest BCUT2D eigenvalue weighted by molar-refractivity contribution is -0.0661. The number of pyridine rings is 1. The topological polar surface area (TPSA) is 108 Å². The second-order valence-corrected chi connectivity index (χ2v) is 9.09. The molecule has 182 valence electrons. The second-order valence-electron chi connectivity index (χ2n) is 8.69. The molecule has 0 radical (unpaired) electrons. The number of piperazine rings is 1. The van der Waals surface area contributed by atoms with Crippen LogP contribution in [0.25, 0.3) is 16.6 Å². The van der Waals surface area contributed by atoms with Gasteiger partial charge in [0.15, 0.2) is 5.82 Å². The highest BCUT2D eigenvalue weighted by atomic mass is 35.5. The van der Waals surface area contributed by atoms with Crippen molar-refractivity contribution in [2.75, 3.05) is 49.6 Å². The van der Waals surface area contributed by atoms with E-state index in [0.717, 1.165) is 51.3 Å². The van der Waals surface area contributed by atoms with Gasteiger partial charge < -0.3 is 15.0 Å². The largest absolute Gasteiger partial charge is 0.378 e. The molecule has 5 heterocycles. The zero-order valence-corrected chi connectivity index (χ0v) is 19.9. The molecule has 1 N–H and O–H groups in total. The molecule has 12 heteroatoms. The lowest BCUT2D eigenvalue weighted by Crippen LogP contribution is -2.56. The third-order valence-corrected chi connectivity index (χ3v) is 6.78. The fraction of sp³-hybridized carbons (Fsp3) is 0.292. The molecule has 0 atom stereocenters. The van der Waals surface area contributed by atoms with E-state index in [1.807, 2.05) is 12.1 Å². The van der Waals surface area contributed by atoms with Gasteiger partial charge in [-0.25, -0.2) is 24.0 Å². The Bertz CT molecular complexity index is 1450. The number of nitrogens with zero attached hydrogens (tertiary/aromatic N) is 8. The molecule has 2 aliphatic rings. The number of hydrogen-bond acceptors (Lipinski definition) is 9. The number of nitriles is 1. The summed E-state index contributed by atoms with van der Waals surface area (Å²) in [6, 6.07) is 8.62. The summed E-state index contributed by atoms with van der Waals surface area (Å²) in [4.78, 5) is 17.9. The van der Waals surface area contributed by atoms with Gasteiger partial charge in [-0.05, 0) is 12.1 Å². The van der Waals surface area contributed by atoms with Crippen molar-refractivity contribution in [1.29, 1.82) is 5.26 Å². The molecule has 3 aromatic heterocycles. The van der Waals surface area contributed by atoms with Crippen molar-refractivity contribution >= 4 is 40.0 Å². The van der Waals surface area contributed by atoms with Crippen LogP contribution < -0.4 is 10.2 Å². The van der Waals surface area contributed by atoms with Crippen LogP contribution in [0, 0.1) is 17.1 Å². The normalized spacial score (nSPS) is 16.6. The van der Waals surface area contributed by atoms with E-state index < -0.39 is 5.82 Å². The van der Waals surface area contributed by atoms with Gasteiger partial charge in [0.2, 0.25) is 0 Å². The van der Waals surface area contributed by atoms with E-state index in [-0.39, 0.29) is 16.3 Å². The van der Waals surface area contributed by atoms with E-state index in [1.54, 1.807) is 18.5 Å². The molecule has 4 aromatic rings. The average Bonchev–Trinajstić information content (AvgIpc) is 3.26. The van der Waals surface area contributed by atoms with E-state index in [2.05, 4.69) is 35.2 Å². The van der Waals surface area contributed by atoms with E-state index in [1.165, 1.54) is 17.1 Å². The summed E-state index contributed by atoms with van der Waals surface area (Å²) in [5.74, 6) is 1.31. The maximum absolute atomic E-state index is 14.8. The van der Waals surface area contributed by atoms with Crippen LogP contribution in [0.15, 0.2) is 43.0 Å². The Morgan fingerprint density at radius 1 is 1.03 bits per heavy atom. The van der Waals surface area contributed by atoms with Crippen molar-refractivity contribution in [2.24, 2.45) is 0 Å². The number of benzene rings is 1. The molecular weight excluding hydrogens is 485 g/mol. The Morgan fingerprint density at radius 3 is 2.56 bits per heavy atom. The molecule has 2 saturated heterocycles. The van der Waals surface area contributed by atoms with Crippen LogP contribution in [0.4, 0.5) is 21.8 Å². The molecule has 2 fully saturated rings. The van der Waals surface area contributed by atoms with E-state index in [9.17, 15) is 4.39 Å². The first-order chi connectivity index (χ1) is 17.6. The highest BCUT2D eigenvalue weighted by Crippen LogP contribution is 2.29. The molecule has 2 aliphatic heterocycles. The number of aromatic nitrogens is 5. The number of halogens is 2. The summed E-state index contributed by atoms with van der Waals surface area (Å²) in [6.45, 7) is 5.35. The van der Waals surface area contributed by atoms with Crippen molar-refractivity contribution in [3.63, 3.8) is 0 Å². The average molecular weight is 506 g/mol. The third-order valence-electron chi connectivity index (χ3n) is 6.49. The molecule has 36 heavy (non-hydrogen) atoms. The fourth-order valence-electron chi connectivity index (χ4n) is 4.47. The van der Waals surface area contributed by atoms with Crippen molar-refractivity contribution in [3.8, 4) is 11.8 Å². The Labute approximate surface area is 210 Å². The smallest absolute Gasteiger partial charge is 0.151 e. The van der Waals surface area contributed by atoms with Crippen LogP contribution in [-0.4, -0.2) is 75.1 Å². The van der Waals surface area contributed by atoms with Gasteiger partial charge in [-0.15, -0.1) is 0 Å². The minimum absolute atomic E-state index is 0.0692. The van der Waals surface area contributed by atoms with Crippen LogP contribution in [0.5, 0.6) is 0 Å².